The van der Waals surface area contributed by atoms with E-state index >= 15 is 0 Å². The average Bonchev–Trinajstić information content (AvgIpc) is 2.54. The minimum absolute atomic E-state index is 0.203. The van der Waals surface area contributed by atoms with Crippen LogP contribution in [0.25, 0.3) is 0 Å². The molecule has 2 aromatic rings. The highest BCUT2D eigenvalue weighted by Crippen LogP contribution is 2.26. The molecule has 130 valence electrons. The summed E-state index contributed by atoms with van der Waals surface area (Å²) in [5.41, 5.74) is 0.905. The maximum absolute atomic E-state index is 12.7. The Labute approximate surface area is 148 Å². The van der Waals surface area contributed by atoms with E-state index in [-0.39, 0.29) is 10.9 Å². The first kappa shape index (κ1) is 18.8. The molecule has 0 aliphatic rings. The zero-order valence-corrected chi connectivity index (χ0v) is 15.6. The smallest absolute Gasteiger partial charge is 0.241 e. The summed E-state index contributed by atoms with van der Waals surface area (Å²) >= 11 is 5.83. The Hall–Kier alpha value is -1.56. The number of methoxy groups -OCH3 is 1. The minimum atomic E-state index is -3.63. The molecule has 24 heavy (non-hydrogen) atoms. The van der Waals surface area contributed by atoms with Gasteiger partial charge in [0.1, 0.15) is 5.75 Å². The fraction of sp³-hybridized carbons (Fsp3) is 0.333. The molecule has 0 saturated heterocycles. The average molecular weight is 368 g/mol. The van der Waals surface area contributed by atoms with Crippen LogP contribution in [0.3, 0.4) is 0 Å². The van der Waals surface area contributed by atoms with Crippen LogP contribution in [0.15, 0.2) is 53.4 Å². The Bertz CT molecular complexity index is 756. The summed E-state index contributed by atoms with van der Waals surface area (Å²) in [4.78, 5) is 0.203. The lowest BCUT2D eigenvalue weighted by Gasteiger charge is -2.21. The van der Waals surface area contributed by atoms with Crippen molar-refractivity contribution >= 4 is 21.6 Å². The Morgan fingerprint density at radius 2 is 1.62 bits per heavy atom. The van der Waals surface area contributed by atoms with Gasteiger partial charge in [0, 0.05) is 11.1 Å². The van der Waals surface area contributed by atoms with Gasteiger partial charge in [0.2, 0.25) is 10.0 Å². The number of hydrogen-bond acceptors (Lipinski definition) is 3. The molecular formula is C18H22ClNO3S. The second-order valence-corrected chi connectivity index (χ2v) is 8.18. The summed E-state index contributed by atoms with van der Waals surface area (Å²) in [6.07, 6.45) is 0.694. The number of hydrogen-bond donors (Lipinski definition) is 1. The zero-order valence-electron chi connectivity index (χ0n) is 14.0. The normalized spacial score (nSPS) is 13.0. The van der Waals surface area contributed by atoms with E-state index in [0.29, 0.717) is 17.4 Å². The highest BCUT2D eigenvalue weighted by molar-refractivity contribution is 7.89. The third kappa shape index (κ3) is 4.97. The van der Waals surface area contributed by atoms with E-state index in [1.807, 2.05) is 24.3 Å². The van der Waals surface area contributed by atoms with E-state index in [4.69, 9.17) is 16.3 Å². The monoisotopic (exact) mass is 367 g/mol. The third-order valence-electron chi connectivity index (χ3n) is 3.65. The molecule has 0 radical (unpaired) electrons. The lowest BCUT2D eigenvalue weighted by Crippen LogP contribution is -2.29. The van der Waals surface area contributed by atoms with Gasteiger partial charge in [-0.15, -0.1) is 0 Å². The summed E-state index contributed by atoms with van der Waals surface area (Å²) in [6, 6.07) is 13.3. The van der Waals surface area contributed by atoms with Crippen LogP contribution < -0.4 is 9.46 Å². The number of halogens is 1. The van der Waals surface area contributed by atoms with Gasteiger partial charge in [-0.2, -0.15) is 0 Å². The molecule has 0 saturated carbocycles. The molecule has 1 N–H and O–H groups in total. The summed E-state index contributed by atoms with van der Waals surface area (Å²) < 4.78 is 33.3. The van der Waals surface area contributed by atoms with E-state index in [9.17, 15) is 8.42 Å². The van der Waals surface area contributed by atoms with Crippen LogP contribution in [0.1, 0.15) is 31.9 Å². The first-order chi connectivity index (χ1) is 11.3. The van der Waals surface area contributed by atoms with Gasteiger partial charge in [0.15, 0.2) is 0 Å². The zero-order chi connectivity index (χ0) is 17.7. The number of benzene rings is 2. The molecule has 0 aromatic heterocycles. The molecule has 0 unspecified atom stereocenters. The molecule has 2 rings (SSSR count). The summed E-state index contributed by atoms with van der Waals surface area (Å²) in [5, 5.41) is 0.503. The number of ether oxygens (including phenoxy) is 1. The molecule has 6 heteroatoms. The predicted molar refractivity (Wildman–Crippen MR) is 97.0 cm³/mol. The van der Waals surface area contributed by atoms with Gasteiger partial charge >= 0.3 is 0 Å². The van der Waals surface area contributed by atoms with Crippen molar-refractivity contribution in [3.05, 3.63) is 59.1 Å². The van der Waals surface area contributed by atoms with Crippen molar-refractivity contribution in [3.63, 3.8) is 0 Å². The van der Waals surface area contributed by atoms with Crippen molar-refractivity contribution in [2.75, 3.05) is 7.11 Å². The molecule has 0 fully saturated rings. The second-order valence-electron chi connectivity index (χ2n) is 6.03. The number of sulfonamides is 1. The van der Waals surface area contributed by atoms with Gasteiger partial charge in [0.25, 0.3) is 0 Å². The Morgan fingerprint density at radius 3 is 2.12 bits per heavy atom. The molecule has 1 atom stereocenters. The maximum atomic E-state index is 12.7. The van der Waals surface area contributed by atoms with Crippen molar-refractivity contribution in [2.45, 2.75) is 31.2 Å². The van der Waals surface area contributed by atoms with Gasteiger partial charge in [0.05, 0.1) is 12.0 Å². The Kier molecular flexibility index (Phi) is 6.27. The van der Waals surface area contributed by atoms with E-state index < -0.39 is 10.0 Å². The number of nitrogens with one attached hydrogen (secondary N) is 1. The second kappa shape index (κ2) is 8.01. The molecular weight excluding hydrogens is 346 g/mol. The first-order valence-electron chi connectivity index (χ1n) is 7.73. The quantitative estimate of drug-likeness (QED) is 0.788. The van der Waals surface area contributed by atoms with Crippen molar-refractivity contribution in [1.29, 1.82) is 0 Å². The Morgan fingerprint density at radius 1 is 1.04 bits per heavy atom. The number of rotatable bonds is 7. The first-order valence-corrected chi connectivity index (χ1v) is 9.60. The van der Waals surface area contributed by atoms with Crippen LogP contribution in [0.5, 0.6) is 5.75 Å². The van der Waals surface area contributed by atoms with Gasteiger partial charge < -0.3 is 4.74 Å². The Balaban J connectivity index is 2.28. The van der Waals surface area contributed by atoms with Crippen LogP contribution >= 0.6 is 11.6 Å². The van der Waals surface area contributed by atoms with Crippen molar-refractivity contribution in [1.82, 2.24) is 4.72 Å². The molecule has 0 spiro atoms. The van der Waals surface area contributed by atoms with Crippen LogP contribution in [0, 0.1) is 5.92 Å². The molecule has 2 aromatic carbocycles. The van der Waals surface area contributed by atoms with Gasteiger partial charge in [-0.1, -0.05) is 37.6 Å². The van der Waals surface area contributed by atoms with Gasteiger partial charge in [-0.3, -0.25) is 0 Å². The maximum Gasteiger partial charge on any atom is 0.241 e. The SMILES string of the molecule is COc1ccc([C@@H](CC(C)C)NS(=O)(=O)c2ccc(Cl)cc2)cc1. The van der Waals surface area contributed by atoms with Crippen LogP contribution in [-0.4, -0.2) is 15.5 Å². The van der Waals surface area contributed by atoms with Gasteiger partial charge in [-0.05, 0) is 54.3 Å². The van der Waals surface area contributed by atoms with E-state index in [1.165, 1.54) is 12.1 Å². The summed E-state index contributed by atoms with van der Waals surface area (Å²) in [7, 11) is -2.02. The van der Waals surface area contributed by atoms with Crippen LogP contribution in [0.2, 0.25) is 5.02 Å². The molecule has 0 bridgehead atoms. The standard InChI is InChI=1S/C18H22ClNO3S/c1-13(2)12-18(14-4-8-16(23-3)9-5-14)20-24(21,22)17-10-6-15(19)7-11-17/h4-11,13,18,20H,12H2,1-3H3/t18-/m1/s1. The minimum Gasteiger partial charge on any atom is -0.497 e. The lowest BCUT2D eigenvalue weighted by atomic mass is 9.98. The van der Waals surface area contributed by atoms with Crippen LogP contribution in [0.4, 0.5) is 0 Å². The van der Waals surface area contributed by atoms with Crippen molar-refractivity contribution in [2.24, 2.45) is 5.92 Å². The lowest BCUT2D eigenvalue weighted by molar-refractivity contribution is 0.414. The van der Waals surface area contributed by atoms with E-state index in [0.717, 1.165) is 11.3 Å². The fourth-order valence-electron chi connectivity index (χ4n) is 2.43. The summed E-state index contributed by atoms with van der Waals surface area (Å²) in [5.74, 6) is 1.08. The van der Waals surface area contributed by atoms with Gasteiger partial charge in [-0.25, -0.2) is 13.1 Å². The highest BCUT2D eigenvalue weighted by Gasteiger charge is 2.22. The predicted octanol–water partition coefficient (Wildman–Crippen LogP) is 4.41. The largest absolute Gasteiger partial charge is 0.497 e. The highest BCUT2D eigenvalue weighted by atomic mass is 35.5. The third-order valence-corrected chi connectivity index (χ3v) is 5.39. The van der Waals surface area contributed by atoms with E-state index in [1.54, 1.807) is 19.2 Å². The van der Waals surface area contributed by atoms with Crippen LogP contribution in [-0.2, 0) is 10.0 Å². The molecule has 0 amide bonds. The molecule has 0 heterocycles. The molecule has 0 aliphatic carbocycles. The topological polar surface area (TPSA) is 55.4 Å². The summed E-state index contributed by atoms with van der Waals surface area (Å²) in [6.45, 7) is 4.13. The van der Waals surface area contributed by atoms with E-state index in [2.05, 4.69) is 18.6 Å². The van der Waals surface area contributed by atoms with Crippen molar-refractivity contribution in [3.8, 4) is 5.75 Å². The van der Waals surface area contributed by atoms with Crippen molar-refractivity contribution < 1.29 is 13.2 Å². The fourth-order valence-corrected chi connectivity index (χ4v) is 3.79. The molecule has 4 nitrogen and oxygen atoms in total. The molecule has 0 aliphatic heterocycles.